The molecule has 0 aliphatic carbocycles. The lowest BCUT2D eigenvalue weighted by Gasteiger charge is -2.24. The smallest absolute Gasteiger partial charge is 0.255 e. The van der Waals surface area contributed by atoms with Gasteiger partial charge in [-0.05, 0) is 43.2 Å². The van der Waals surface area contributed by atoms with Gasteiger partial charge in [0.1, 0.15) is 23.9 Å². The van der Waals surface area contributed by atoms with Gasteiger partial charge in [0.25, 0.3) is 5.91 Å². The van der Waals surface area contributed by atoms with Gasteiger partial charge in [0.2, 0.25) is 0 Å². The Labute approximate surface area is 176 Å². The van der Waals surface area contributed by atoms with Crippen LogP contribution < -0.4 is 19.7 Å². The van der Waals surface area contributed by atoms with Crippen molar-refractivity contribution in [2.45, 2.75) is 25.9 Å². The number of nitrogens with zero attached hydrogens (tertiary/aromatic N) is 1. The van der Waals surface area contributed by atoms with E-state index in [9.17, 15) is 4.79 Å². The summed E-state index contributed by atoms with van der Waals surface area (Å²) in [5, 5.41) is 2.91. The molecule has 1 unspecified atom stereocenters. The molecule has 3 aromatic rings. The lowest BCUT2D eigenvalue weighted by molar-refractivity contribution is 0.0945. The summed E-state index contributed by atoms with van der Waals surface area (Å²) in [4.78, 5) is 15.0. The molecular weight excluding hydrogens is 380 g/mol. The normalized spacial score (nSPS) is 15.0. The summed E-state index contributed by atoms with van der Waals surface area (Å²) in [6.07, 6.45) is 2.57. The van der Waals surface area contributed by atoms with Crippen LogP contribution in [0.15, 0.2) is 65.3 Å². The number of ether oxygens (including phenoxy) is 2. The van der Waals surface area contributed by atoms with Crippen LogP contribution in [0.3, 0.4) is 0 Å². The first-order valence-electron chi connectivity index (χ1n) is 10.1. The molecule has 0 bridgehead atoms. The number of nitrogens with one attached hydrogen (secondary N) is 1. The Morgan fingerprint density at radius 3 is 2.87 bits per heavy atom. The highest BCUT2D eigenvalue weighted by molar-refractivity contribution is 5.95. The van der Waals surface area contributed by atoms with E-state index in [1.807, 2.05) is 30.3 Å². The van der Waals surface area contributed by atoms with Crippen molar-refractivity contribution in [3.63, 3.8) is 0 Å². The van der Waals surface area contributed by atoms with Crippen molar-refractivity contribution >= 4 is 11.6 Å². The maximum atomic E-state index is 12.7. The molecular formula is C24H26N2O4. The summed E-state index contributed by atoms with van der Waals surface area (Å²) in [5.41, 5.74) is 3.10. The van der Waals surface area contributed by atoms with Crippen LogP contribution >= 0.6 is 0 Å². The van der Waals surface area contributed by atoms with E-state index in [-0.39, 0.29) is 5.91 Å². The minimum atomic E-state index is -0.159. The SMILES string of the molecule is COc1cccc(OCCNC(=O)c2ccoc2CN2c3ccccc3CC2C)c1. The molecule has 0 fully saturated rings. The van der Waals surface area contributed by atoms with Gasteiger partial charge in [0.15, 0.2) is 0 Å². The van der Waals surface area contributed by atoms with E-state index in [4.69, 9.17) is 13.9 Å². The molecule has 1 aliphatic heterocycles. The van der Waals surface area contributed by atoms with Crippen molar-refractivity contribution in [2.24, 2.45) is 0 Å². The fourth-order valence-corrected chi connectivity index (χ4v) is 3.81. The Bertz CT molecular complexity index is 1010. The molecule has 1 amide bonds. The average molecular weight is 406 g/mol. The van der Waals surface area contributed by atoms with Crippen molar-refractivity contribution in [3.05, 3.63) is 77.7 Å². The number of hydrogen-bond donors (Lipinski definition) is 1. The highest BCUT2D eigenvalue weighted by Crippen LogP contribution is 2.33. The maximum absolute atomic E-state index is 12.7. The average Bonchev–Trinajstić information content (AvgIpc) is 3.36. The van der Waals surface area contributed by atoms with E-state index in [2.05, 4.69) is 35.3 Å². The Morgan fingerprint density at radius 1 is 1.17 bits per heavy atom. The summed E-state index contributed by atoms with van der Waals surface area (Å²) in [5.74, 6) is 1.95. The molecule has 1 atom stereocenters. The molecule has 2 heterocycles. The summed E-state index contributed by atoms with van der Waals surface area (Å²) < 4.78 is 16.5. The van der Waals surface area contributed by atoms with Crippen molar-refractivity contribution in [1.29, 1.82) is 0 Å². The molecule has 6 nitrogen and oxygen atoms in total. The van der Waals surface area contributed by atoms with Gasteiger partial charge < -0.3 is 24.1 Å². The number of methoxy groups -OCH3 is 1. The van der Waals surface area contributed by atoms with Gasteiger partial charge in [-0.25, -0.2) is 0 Å². The summed E-state index contributed by atoms with van der Waals surface area (Å²) in [6, 6.07) is 17.9. The Morgan fingerprint density at radius 2 is 2.00 bits per heavy atom. The number of carbonyl (C=O) groups is 1. The number of rotatable bonds is 8. The molecule has 0 spiro atoms. The van der Waals surface area contributed by atoms with Crippen molar-refractivity contribution in [2.75, 3.05) is 25.2 Å². The monoisotopic (exact) mass is 406 g/mol. The number of anilines is 1. The lowest BCUT2D eigenvalue weighted by atomic mass is 10.1. The zero-order valence-electron chi connectivity index (χ0n) is 17.3. The van der Waals surface area contributed by atoms with Crippen molar-refractivity contribution in [3.8, 4) is 11.5 Å². The summed E-state index contributed by atoms with van der Waals surface area (Å²) in [7, 11) is 1.61. The summed E-state index contributed by atoms with van der Waals surface area (Å²) in [6.45, 7) is 3.51. The highest BCUT2D eigenvalue weighted by Gasteiger charge is 2.27. The zero-order chi connectivity index (χ0) is 20.9. The molecule has 156 valence electrons. The number of fused-ring (bicyclic) bond motifs is 1. The van der Waals surface area contributed by atoms with Crippen LogP contribution in [-0.4, -0.2) is 32.2 Å². The fraction of sp³-hybridized carbons (Fsp3) is 0.292. The Hall–Kier alpha value is -3.41. The van der Waals surface area contributed by atoms with Crippen molar-refractivity contribution in [1.82, 2.24) is 5.32 Å². The predicted octanol–water partition coefficient (Wildman–Crippen LogP) is 4.05. The molecule has 1 aliphatic rings. The summed E-state index contributed by atoms with van der Waals surface area (Å²) >= 11 is 0. The molecule has 0 saturated heterocycles. The molecule has 0 radical (unpaired) electrons. The van der Waals surface area contributed by atoms with Crippen LogP contribution in [0.2, 0.25) is 0 Å². The van der Waals surface area contributed by atoms with Gasteiger partial charge in [-0.1, -0.05) is 24.3 Å². The van der Waals surface area contributed by atoms with Gasteiger partial charge in [0.05, 0.1) is 32.0 Å². The van der Waals surface area contributed by atoms with Gasteiger partial charge in [0, 0.05) is 17.8 Å². The van der Waals surface area contributed by atoms with Crippen LogP contribution in [0.25, 0.3) is 0 Å². The van der Waals surface area contributed by atoms with Crippen LogP contribution in [0.5, 0.6) is 11.5 Å². The van der Waals surface area contributed by atoms with E-state index in [1.54, 1.807) is 19.4 Å². The molecule has 4 rings (SSSR count). The molecule has 1 aromatic heterocycles. The Balaban J connectivity index is 1.33. The van der Waals surface area contributed by atoms with E-state index in [0.717, 1.165) is 12.2 Å². The predicted molar refractivity (Wildman–Crippen MR) is 115 cm³/mol. The minimum absolute atomic E-state index is 0.159. The van der Waals surface area contributed by atoms with Crippen LogP contribution in [0.1, 0.15) is 28.6 Å². The molecule has 1 N–H and O–H groups in total. The second-order valence-electron chi connectivity index (χ2n) is 7.35. The second-order valence-corrected chi connectivity index (χ2v) is 7.35. The van der Waals surface area contributed by atoms with E-state index in [1.165, 1.54) is 11.3 Å². The van der Waals surface area contributed by atoms with E-state index >= 15 is 0 Å². The maximum Gasteiger partial charge on any atom is 0.255 e. The van der Waals surface area contributed by atoms with Crippen LogP contribution in [0, 0.1) is 0 Å². The van der Waals surface area contributed by atoms with Gasteiger partial charge >= 0.3 is 0 Å². The van der Waals surface area contributed by atoms with E-state index < -0.39 is 0 Å². The first-order valence-corrected chi connectivity index (χ1v) is 10.1. The van der Waals surface area contributed by atoms with Crippen molar-refractivity contribution < 1.29 is 18.7 Å². The third-order valence-electron chi connectivity index (χ3n) is 5.35. The molecule has 0 saturated carbocycles. The number of furan rings is 1. The van der Waals surface area contributed by atoms with Crippen LogP contribution in [0.4, 0.5) is 5.69 Å². The third kappa shape index (κ3) is 4.27. The number of carbonyl (C=O) groups excluding carboxylic acids is 1. The topological polar surface area (TPSA) is 63.9 Å². The number of amides is 1. The quantitative estimate of drug-likeness (QED) is 0.572. The number of para-hydroxylation sites is 1. The number of benzene rings is 2. The van der Waals surface area contributed by atoms with Gasteiger partial charge in [-0.2, -0.15) is 0 Å². The fourth-order valence-electron chi connectivity index (χ4n) is 3.81. The molecule has 30 heavy (non-hydrogen) atoms. The lowest BCUT2D eigenvalue weighted by Crippen LogP contribution is -2.31. The first-order chi connectivity index (χ1) is 14.7. The molecule has 2 aromatic carbocycles. The van der Waals surface area contributed by atoms with Gasteiger partial charge in [-0.15, -0.1) is 0 Å². The van der Waals surface area contributed by atoms with Gasteiger partial charge in [-0.3, -0.25) is 4.79 Å². The highest BCUT2D eigenvalue weighted by atomic mass is 16.5. The second kappa shape index (κ2) is 8.95. The Kier molecular flexibility index (Phi) is 5.93. The van der Waals surface area contributed by atoms with E-state index in [0.29, 0.717) is 42.8 Å². The minimum Gasteiger partial charge on any atom is -0.497 e. The zero-order valence-corrected chi connectivity index (χ0v) is 17.3. The number of hydrogen-bond acceptors (Lipinski definition) is 5. The first kappa shape index (κ1) is 19.9. The standard InChI is InChI=1S/C24H26N2O4/c1-17-14-18-6-3-4-9-22(18)26(17)16-23-21(10-12-30-23)24(27)25-11-13-29-20-8-5-7-19(15-20)28-2/h3-10,12,15,17H,11,13-14,16H2,1-2H3,(H,25,27). The molecule has 6 heteroatoms. The largest absolute Gasteiger partial charge is 0.497 e. The van der Waals surface area contributed by atoms with Crippen LogP contribution in [-0.2, 0) is 13.0 Å². The third-order valence-corrected chi connectivity index (χ3v) is 5.35.